The normalized spacial score (nSPS) is 13.8. The maximum atomic E-state index is 5.11. The first-order valence-electron chi connectivity index (χ1n) is 4.42. The fourth-order valence-electron chi connectivity index (χ4n) is 1.17. The van der Waals surface area contributed by atoms with Gasteiger partial charge >= 0.3 is 0 Å². The minimum atomic E-state index is 0.0432. The highest BCUT2D eigenvalue weighted by atomic mass is 79.9. The lowest BCUT2D eigenvalue weighted by molar-refractivity contribution is 0.414. The first kappa shape index (κ1) is 12.1. The standard InChI is InChI=1S/C11H14Br2O/c1-11(2,13)10(12)8-4-6-9(14-3)7-5-8/h4-7,10H,1-3H3. The first-order chi connectivity index (χ1) is 6.45. The van der Waals surface area contributed by atoms with Gasteiger partial charge < -0.3 is 4.74 Å². The zero-order chi connectivity index (χ0) is 10.8. The van der Waals surface area contributed by atoms with Crippen LogP contribution in [0, 0.1) is 0 Å². The fraction of sp³-hybridized carbons (Fsp3) is 0.455. The summed E-state index contributed by atoms with van der Waals surface area (Å²) in [7, 11) is 1.68. The summed E-state index contributed by atoms with van der Waals surface area (Å²) in [5.74, 6) is 0.890. The molecular weight excluding hydrogens is 308 g/mol. The van der Waals surface area contributed by atoms with E-state index < -0.39 is 0 Å². The molecule has 0 amide bonds. The van der Waals surface area contributed by atoms with Gasteiger partial charge in [0.05, 0.1) is 11.9 Å². The first-order valence-corrected chi connectivity index (χ1v) is 6.13. The summed E-state index contributed by atoms with van der Waals surface area (Å²) >= 11 is 7.30. The smallest absolute Gasteiger partial charge is 0.118 e. The lowest BCUT2D eigenvalue weighted by atomic mass is 10.0. The molecule has 0 saturated heterocycles. The van der Waals surface area contributed by atoms with E-state index in [1.54, 1.807) is 7.11 Å². The van der Waals surface area contributed by atoms with Gasteiger partial charge in [0.1, 0.15) is 5.75 Å². The number of ether oxygens (including phenoxy) is 1. The third-order valence-electron chi connectivity index (χ3n) is 2.01. The Morgan fingerprint density at radius 3 is 2.07 bits per heavy atom. The highest BCUT2D eigenvalue weighted by Gasteiger charge is 2.25. The molecule has 78 valence electrons. The summed E-state index contributed by atoms with van der Waals surface area (Å²) < 4.78 is 5.15. The van der Waals surface area contributed by atoms with Crippen molar-refractivity contribution in [2.75, 3.05) is 7.11 Å². The second kappa shape index (κ2) is 4.67. The lowest BCUT2D eigenvalue weighted by Crippen LogP contribution is -2.16. The molecule has 3 heteroatoms. The van der Waals surface area contributed by atoms with E-state index in [1.807, 2.05) is 12.1 Å². The predicted octanol–water partition coefficient (Wildman–Crippen LogP) is 4.30. The predicted molar refractivity (Wildman–Crippen MR) is 67.7 cm³/mol. The lowest BCUT2D eigenvalue weighted by Gasteiger charge is -2.23. The van der Waals surface area contributed by atoms with E-state index in [-0.39, 0.29) is 4.32 Å². The van der Waals surface area contributed by atoms with Crippen LogP contribution in [-0.4, -0.2) is 11.4 Å². The van der Waals surface area contributed by atoms with Gasteiger partial charge in [0, 0.05) is 4.32 Å². The molecule has 1 atom stereocenters. The highest BCUT2D eigenvalue weighted by molar-refractivity contribution is 9.12. The molecule has 0 aliphatic rings. The molecule has 0 spiro atoms. The molecule has 0 aliphatic carbocycles. The van der Waals surface area contributed by atoms with Gasteiger partial charge in [-0.25, -0.2) is 0 Å². The van der Waals surface area contributed by atoms with Crippen LogP contribution >= 0.6 is 31.9 Å². The van der Waals surface area contributed by atoms with Crippen LogP contribution in [0.5, 0.6) is 5.75 Å². The van der Waals surface area contributed by atoms with Crippen molar-refractivity contribution in [1.29, 1.82) is 0 Å². The van der Waals surface area contributed by atoms with Crippen LogP contribution in [0.4, 0.5) is 0 Å². The quantitative estimate of drug-likeness (QED) is 0.754. The van der Waals surface area contributed by atoms with Gasteiger partial charge in [-0.15, -0.1) is 0 Å². The molecule has 0 bridgehead atoms. The average Bonchev–Trinajstić information content (AvgIpc) is 2.15. The van der Waals surface area contributed by atoms with Crippen molar-refractivity contribution in [1.82, 2.24) is 0 Å². The van der Waals surface area contributed by atoms with Crippen LogP contribution in [0.15, 0.2) is 24.3 Å². The highest BCUT2D eigenvalue weighted by Crippen LogP contribution is 2.40. The van der Waals surface area contributed by atoms with Crippen molar-refractivity contribution in [2.24, 2.45) is 0 Å². The van der Waals surface area contributed by atoms with Crippen LogP contribution in [0.3, 0.4) is 0 Å². The third kappa shape index (κ3) is 2.99. The molecule has 1 aromatic carbocycles. The molecule has 1 rings (SSSR count). The minimum Gasteiger partial charge on any atom is -0.497 e. The van der Waals surface area contributed by atoms with Gasteiger partial charge in [0.2, 0.25) is 0 Å². The Bertz CT molecular complexity index is 287. The van der Waals surface area contributed by atoms with Crippen LogP contribution in [0.2, 0.25) is 0 Å². The van der Waals surface area contributed by atoms with E-state index in [2.05, 4.69) is 57.8 Å². The number of hydrogen-bond donors (Lipinski definition) is 0. The summed E-state index contributed by atoms with van der Waals surface area (Å²) in [5.41, 5.74) is 1.24. The summed E-state index contributed by atoms with van der Waals surface area (Å²) in [6.45, 7) is 4.27. The number of hydrogen-bond acceptors (Lipinski definition) is 1. The van der Waals surface area contributed by atoms with Crippen molar-refractivity contribution < 1.29 is 4.74 Å². The number of methoxy groups -OCH3 is 1. The Morgan fingerprint density at radius 1 is 1.21 bits per heavy atom. The molecule has 0 saturated carbocycles. The van der Waals surface area contributed by atoms with Crippen molar-refractivity contribution >= 4 is 31.9 Å². The zero-order valence-corrected chi connectivity index (χ0v) is 11.7. The fourth-order valence-corrected chi connectivity index (χ4v) is 1.74. The molecule has 0 N–H and O–H groups in total. The number of benzene rings is 1. The van der Waals surface area contributed by atoms with E-state index in [0.29, 0.717) is 4.83 Å². The Hall–Kier alpha value is -0.0200. The van der Waals surface area contributed by atoms with E-state index in [4.69, 9.17) is 4.74 Å². The second-order valence-corrected chi connectivity index (χ2v) is 6.66. The molecule has 0 fully saturated rings. The Balaban J connectivity index is 2.87. The molecule has 0 radical (unpaired) electrons. The van der Waals surface area contributed by atoms with Gasteiger partial charge in [-0.1, -0.05) is 44.0 Å². The molecule has 0 aromatic heterocycles. The van der Waals surface area contributed by atoms with Gasteiger partial charge in [-0.2, -0.15) is 0 Å². The maximum Gasteiger partial charge on any atom is 0.118 e. The second-order valence-electron chi connectivity index (χ2n) is 3.70. The Kier molecular flexibility index (Phi) is 4.02. The van der Waals surface area contributed by atoms with Crippen LogP contribution < -0.4 is 4.74 Å². The summed E-state index contributed by atoms with van der Waals surface area (Å²) in [5, 5.41) is 0. The van der Waals surface area contributed by atoms with Crippen LogP contribution in [-0.2, 0) is 0 Å². The molecule has 0 heterocycles. The van der Waals surface area contributed by atoms with Gasteiger partial charge in [0.25, 0.3) is 0 Å². The molecule has 0 aliphatic heterocycles. The van der Waals surface area contributed by atoms with E-state index in [9.17, 15) is 0 Å². The van der Waals surface area contributed by atoms with Crippen LogP contribution in [0.1, 0.15) is 24.2 Å². The van der Waals surface area contributed by atoms with Crippen LogP contribution in [0.25, 0.3) is 0 Å². The largest absolute Gasteiger partial charge is 0.497 e. The van der Waals surface area contributed by atoms with E-state index in [1.165, 1.54) is 5.56 Å². The monoisotopic (exact) mass is 320 g/mol. The van der Waals surface area contributed by atoms with Crippen molar-refractivity contribution in [2.45, 2.75) is 23.0 Å². The van der Waals surface area contributed by atoms with Gasteiger partial charge in [-0.05, 0) is 31.5 Å². The Labute approximate surface area is 102 Å². The topological polar surface area (TPSA) is 9.23 Å². The number of alkyl halides is 2. The molecule has 1 nitrogen and oxygen atoms in total. The maximum absolute atomic E-state index is 5.11. The van der Waals surface area contributed by atoms with E-state index >= 15 is 0 Å². The number of rotatable bonds is 3. The zero-order valence-electron chi connectivity index (χ0n) is 8.55. The van der Waals surface area contributed by atoms with E-state index in [0.717, 1.165) is 5.75 Å². The summed E-state index contributed by atoms with van der Waals surface area (Å²) in [4.78, 5) is 0.293. The average molecular weight is 322 g/mol. The van der Waals surface area contributed by atoms with Gasteiger partial charge in [0.15, 0.2) is 0 Å². The molecular formula is C11H14Br2O. The van der Waals surface area contributed by atoms with Gasteiger partial charge in [-0.3, -0.25) is 0 Å². The van der Waals surface area contributed by atoms with Crippen molar-refractivity contribution in [3.8, 4) is 5.75 Å². The SMILES string of the molecule is COc1ccc(C(Br)C(C)(C)Br)cc1. The summed E-state index contributed by atoms with van der Waals surface area (Å²) in [6, 6.07) is 8.09. The van der Waals surface area contributed by atoms with Crippen molar-refractivity contribution in [3.63, 3.8) is 0 Å². The summed E-state index contributed by atoms with van der Waals surface area (Å²) in [6.07, 6.45) is 0. The Morgan fingerprint density at radius 2 is 1.71 bits per heavy atom. The minimum absolute atomic E-state index is 0.0432. The molecule has 14 heavy (non-hydrogen) atoms. The molecule has 1 aromatic rings. The number of halogens is 2. The third-order valence-corrected chi connectivity index (χ3v) is 4.76. The van der Waals surface area contributed by atoms with Crippen molar-refractivity contribution in [3.05, 3.63) is 29.8 Å². The molecule has 1 unspecified atom stereocenters.